The summed E-state index contributed by atoms with van der Waals surface area (Å²) < 4.78 is 0. The average molecular weight is 170 g/mol. The van der Waals surface area contributed by atoms with Crippen molar-refractivity contribution in [3.8, 4) is 0 Å². The minimum absolute atomic E-state index is 0.192. The van der Waals surface area contributed by atoms with E-state index >= 15 is 0 Å². The highest BCUT2D eigenvalue weighted by molar-refractivity contribution is 4.71. The summed E-state index contributed by atoms with van der Waals surface area (Å²) in [6, 6.07) is 0. The summed E-state index contributed by atoms with van der Waals surface area (Å²) in [4.78, 5) is 0. The maximum Gasteiger partial charge on any atom is 0.120 e. The van der Waals surface area contributed by atoms with Crippen LogP contribution in [0.1, 0.15) is 32.1 Å². The average Bonchev–Trinajstić information content (AvgIpc) is 2.53. The van der Waals surface area contributed by atoms with Gasteiger partial charge in [-0.25, -0.2) is 10.0 Å². The summed E-state index contributed by atoms with van der Waals surface area (Å²) in [5.74, 6) is 0. The second-order valence-electron chi connectivity index (χ2n) is 3.80. The van der Waals surface area contributed by atoms with Gasteiger partial charge in [-0.15, -0.1) is 0 Å². The second kappa shape index (κ2) is 3.73. The number of piperidine rings is 1. The quantitative estimate of drug-likeness (QED) is 0.630. The number of aliphatic hydroxyl groups is 1. The van der Waals surface area contributed by atoms with Gasteiger partial charge in [0.2, 0.25) is 0 Å². The molecule has 2 aliphatic rings. The van der Waals surface area contributed by atoms with Crippen LogP contribution in [-0.2, 0) is 0 Å². The third-order valence-electron chi connectivity index (χ3n) is 2.89. The molecule has 0 amide bonds. The van der Waals surface area contributed by atoms with E-state index in [1.807, 2.05) is 0 Å². The number of aliphatic hydroxyl groups excluding tert-OH is 1. The van der Waals surface area contributed by atoms with Crippen LogP contribution < -0.4 is 0 Å². The zero-order valence-electron chi connectivity index (χ0n) is 7.58. The molecule has 0 radical (unpaired) electrons. The molecule has 2 fully saturated rings. The summed E-state index contributed by atoms with van der Waals surface area (Å²) in [5.41, 5.74) is 0. The van der Waals surface area contributed by atoms with Crippen molar-refractivity contribution in [3.63, 3.8) is 0 Å². The molecule has 0 unspecified atom stereocenters. The Bertz CT molecular complexity index is 145. The minimum atomic E-state index is -0.192. The fourth-order valence-electron chi connectivity index (χ4n) is 2.20. The predicted molar refractivity (Wildman–Crippen MR) is 47.4 cm³/mol. The zero-order chi connectivity index (χ0) is 8.39. The Morgan fingerprint density at radius 1 is 0.917 bits per heavy atom. The van der Waals surface area contributed by atoms with Gasteiger partial charge in [0.15, 0.2) is 0 Å². The molecule has 1 atom stereocenters. The molecule has 0 aromatic rings. The lowest BCUT2D eigenvalue weighted by Gasteiger charge is -2.36. The number of nitrogens with zero attached hydrogens (tertiary/aromatic N) is 2. The van der Waals surface area contributed by atoms with Gasteiger partial charge in [-0.3, -0.25) is 0 Å². The van der Waals surface area contributed by atoms with Gasteiger partial charge in [0.25, 0.3) is 0 Å². The van der Waals surface area contributed by atoms with Gasteiger partial charge in [0.1, 0.15) is 6.23 Å². The van der Waals surface area contributed by atoms with Crippen molar-refractivity contribution in [1.82, 2.24) is 10.0 Å². The van der Waals surface area contributed by atoms with Crippen LogP contribution in [0, 0.1) is 0 Å². The molecular weight excluding hydrogens is 152 g/mol. The van der Waals surface area contributed by atoms with Crippen LogP contribution in [0.5, 0.6) is 0 Å². The molecule has 2 rings (SSSR count). The van der Waals surface area contributed by atoms with Crippen molar-refractivity contribution in [2.75, 3.05) is 19.6 Å². The molecule has 0 saturated carbocycles. The molecule has 0 aromatic carbocycles. The van der Waals surface area contributed by atoms with Crippen LogP contribution in [0.15, 0.2) is 0 Å². The Morgan fingerprint density at radius 3 is 2.25 bits per heavy atom. The largest absolute Gasteiger partial charge is 0.377 e. The highest BCUT2D eigenvalue weighted by atomic mass is 16.3. The van der Waals surface area contributed by atoms with E-state index in [2.05, 4.69) is 10.0 Å². The molecule has 0 aliphatic carbocycles. The van der Waals surface area contributed by atoms with Crippen LogP contribution in [0.4, 0.5) is 0 Å². The van der Waals surface area contributed by atoms with E-state index in [1.165, 1.54) is 19.3 Å². The van der Waals surface area contributed by atoms with Crippen LogP contribution in [-0.4, -0.2) is 41.0 Å². The zero-order valence-corrected chi connectivity index (χ0v) is 7.58. The Balaban J connectivity index is 1.89. The third kappa shape index (κ3) is 1.63. The summed E-state index contributed by atoms with van der Waals surface area (Å²) >= 11 is 0. The lowest BCUT2D eigenvalue weighted by molar-refractivity contribution is -0.121. The Kier molecular flexibility index (Phi) is 2.63. The van der Waals surface area contributed by atoms with E-state index in [1.54, 1.807) is 0 Å². The smallest absolute Gasteiger partial charge is 0.120 e. The van der Waals surface area contributed by atoms with E-state index in [9.17, 15) is 5.11 Å². The van der Waals surface area contributed by atoms with Gasteiger partial charge >= 0.3 is 0 Å². The first kappa shape index (κ1) is 8.48. The molecule has 70 valence electrons. The van der Waals surface area contributed by atoms with Crippen molar-refractivity contribution in [2.45, 2.75) is 38.3 Å². The summed E-state index contributed by atoms with van der Waals surface area (Å²) in [5, 5.41) is 14.1. The van der Waals surface area contributed by atoms with Gasteiger partial charge in [-0.05, 0) is 25.7 Å². The Labute approximate surface area is 73.9 Å². The third-order valence-corrected chi connectivity index (χ3v) is 2.89. The monoisotopic (exact) mass is 170 g/mol. The van der Waals surface area contributed by atoms with E-state index < -0.39 is 0 Å². The number of hydrogen-bond acceptors (Lipinski definition) is 3. The molecule has 2 aliphatic heterocycles. The molecule has 12 heavy (non-hydrogen) atoms. The van der Waals surface area contributed by atoms with Crippen LogP contribution in [0.25, 0.3) is 0 Å². The summed E-state index contributed by atoms with van der Waals surface area (Å²) in [7, 11) is 0. The van der Waals surface area contributed by atoms with Gasteiger partial charge in [0, 0.05) is 19.6 Å². The molecule has 1 N–H and O–H groups in total. The van der Waals surface area contributed by atoms with Gasteiger partial charge < -0.3 is 5.11 Å². The normalized spacial score (nSPS) is 34.2. The Hall–Kier alpha value is -0.120. The van der Waals surface area contributed by atoms with Crippen molar-refractivity contribution in [2.24, 2.45) is 0 Å². The van der Waals surface area contributed by atoms with Gasteiger partial charge in [-0.1, -0.05) is 6.42 Å². The first-order valence-corrected chi connectivity index (χ1v) is 5.07. The van der Waals surface area contributed by atoms with Crippen LogP contribution >= 0.6 is 0 Å². The second-order valence-corrected chi connectivity index (χ2v) is 3.80. The van der Waals surface area contributed by atoms with Gasteiger partial charge in [-0.2, -0.15) is 0 Å². The summed E-state index contributed by atoms with van der Waals surface area (Å²) in [6.07, 6.45) is 5.87. The first-order valence-electron chi connectivity index (χ1n) is 5.07. The SMILES string of the molecule is O[C@H]1CCCN1N1CCCCC1. The van der Waals surface area contributed by atoms with E-state index in [0.29, 0.717) is 0 Å². The van der Waals surface area contributed by atoms with E-state index in [-0.39, 0.29) is 6.23 Å². The lowest BCUT2D eigenvalue weighted by Crippen LogP contribution is -2.47. The van der Waals surface area contributed by atoms with Crippen molar-refractivity contribution >= 4 is 0 Å². The highest BCUT2D eigenvalue weighted by Gasteiger charge is 2.27. The molecule has 3 nitrogen and oxygen atoms in total. The predicted octanol–water partition coefficient (Wildman–Crippen LogP) is 0.801. The number of hydrazine groups is 1. The molecular formula is C9H18N2O. The number of rotatable bonds is 1. The van der Waals surface area contributed by atoms with Crippen LogP contribution in [0.3, 0.4) is 0 Å². The maximum absolute atomic E-state index is 9.63. The molecule has 0 aromatic heterocycles. The molecule has 2 saturated heterocycles. The first-order chi connectivity index (χ1) is 5.88. The van der Waals surface area contributed by atoms with E-state index in [4.69, 9.17) is 0 Å². The van der Waals surface area contributed by atoms with Crippen molar-refractivity contribution in [3.05, 3.63) is 0 Å². The maximum atomic E-state index is 9.63. The molecule has 0 bridgehead atoms. The molecule has 2 heterocycles. The topological polar surface area (TPSA) is 26.7 Å². The Morgan fingerprint density at radius 2 is 1.67 bits per heavy atom. The standard InChI is InChI=1S/C9H18N2O/c12-9-5-4-8-11(9)10-6-2-1-3-7-10/h9,12H,1-8H2/t9-/m0/s1. The van der Waals surface area contributed by atoms with Crippen molar-refractivity contribution in [1.29, 1.82) is 0 Å². The number of hydrogen-bond donors (Lipinski definition) is 1. The van der Waals surface area contributed by atoms with Gasteiger partial charge in [0.05, 0.1) is 0 Å². The van der Waals surface area contributed by atoms with Crippen LogP contribution in [0.2, 0.25) is 0 Å². The summed E-state index contributed by atoms with van der Waals surface area (Å²) in [6.45, 7) is 3.36. The molecule has 3 heteroatoms. The lowest BCUT2D eigenvalue weighted by atomic mass is 10.2. The highest BCUT2D eigenvalue weighted by Crippen LogP contribution is 2.20. The van der Waals surface area contributed by atoms with E-state index in [0.717, 1.165) is 32.5 Å². The van der Waals surface area contributed by atoms with Crippen molar-refractivity contribution < 1.29 is 5.11 Å². The fourth-order valence-corrected chi connectivity index (χ4v) is 2.20. The molecule has 0 spiro atoms. The minimum Gasteiger partial charge on any atom is -0.377 e. The fraction of sp³-hybridized carbons (Fsp3) is 1.00.